The molecule has 0 saturated heterocycles. The molecule has 0 amide bonds. The van der Waals surface area contributed by atoms with Gasteiger partial charge >= 0.3 is 5.97 Å². The van der Waals surface area contributed by atoms with Crippen LogP contribution in [0.15, 0.2) is 48.8 Å². The number of nitrogens with zero attached hydrogens (tertiary/aromatic N) is 2. The van der Waals surface area contributed by atoms with Crippen molar-refractivity contribution in [1.82, 2.24) is 9.55 Å². The van der Waals surface area contributed by atoms with Crippen molar-refractivity contribution in [3.05, 3.63) is 59.4 Å². The second kappa shape index (κ2) is 4.40. The topological polar surface area (TPSA) is 55.1 Å². The van der Waals surface area contributed by atoms with Gasteiger partial charge in [-0.1, -0.05) is 11.6 Å². The molecular weight excluding hydrogens is 264 g/mol. The van der Waals surface area contributed by atoms with Gasteiger partial charge in [-0.25, -0.2) is 9.78 Å². The molecule has 0 spiro atoms. The summed E-state index contributed by atoms with van der Waals surface area (Å²) in [6.07, 6.45) is 3.43. The molecule has 1 aromatic carbocycles. The summed E-state index contributed by atoms with van der Waals surface area (Å²) in [7, 11) is 0. The van der Waals surface area contributed by atoms with Crippen LogP contribution in [0.4, 0.5) is 0 Å². The van der Waals surface area contributed by atoms with Crippen molar-refractivity contribution in [3.8, 4) is 5.82 Å². The summed E-state index contributed by atoms with van der Waals surface area (Å²) in [5, 5.41) is 10.4. The van der Waals surface area contributed by atoms with Gasteiger partial charge in [0.05, 0.1) is 16.1 Å². The van der Waals surface area contributed by atoms with E-state index in [1.807, 2.05) is 22.9 Å². The third-order valence-electron chi connectivity index (χ3n) is 2.90. The maximum Gasteiger partial charge on any atom is 0.335 e. The van der Waals surface area contributed by atoms with E-state index in [4.69, 9.17) is 16.7 Å². The fraction of sp³-hybridized carbons (Fsp3) is 0. The Bertz CT molecular complexity index is 763. The zero-order valence-electron chi connectivity index (χ0n) is 9.75. The summed E-state index contributed by atoms with van der Waals surface area (Å²) < 4.78 is 1.89. The zero-order valence-corrected chi connectivity index (χ0v) is 10.5. The second-order valence-electron chi connectivity index (χ2n) is 4.10. The Morgan fingerprint density at radius 1 is 1.21 bits per heavy atom. The molecule has 0 radical (unpaired) electrons. The van der Waals surface area contributed by atoms with E-state index in [1.54, 1.807) is 30.5 Å². The number of halogens is 1. The maximum atomic E-state index is 10.9. The molecule has 3 rings (SSSR count). The average molecular weight is 273 g/mol. The lowest BCUT2D eigenvalue weighted by Crippen LogP contribution is -1.97. The predicted octanol–water partition coefficient (Wildman–Crippen LogP) is 3.38. The van der Waals surface area contributed by atoms with Gasteiger partial charge in [-0.15, -0.1) is 0 Å². The van der Waals surface area contributed by atoms with E-state index < -0.39 is 5.97 Å². The molecule has 2 heterocycles. The van der Waals surface area contributed by atoms with Crippen molar-refractivity contribution in [2.24, 2.45) is 0 Å². The molecule has 0 fully saturated rings. The van der Waals surface area contributed by atoms with Gasteiger partial charge in [-0.05, 0) is 36.4 Å². The number of aromatic carboxylic acids is 1. The zero-order chi connectivity index (χ0) is 13.4. The van der Waals surface area contributed by atoms with Crippen LogP contribution in [0.3, 0.4) is 0 Å². The smallest absolute Gasteiger partial charge is 0.335 e. The number of carbonyl (C=O) groups is 1. The quantitative estimate of drug-likeness (QED) is 0.778. The van der Waals surface area contributed by atoms with E-state index in [-0.39, 0.29) is 5.56 Å². The minimum Gasteiger partial charge on any atom is -0.478 e. The van der Waals surface area contributed by atoms with Crippen LogP contribution in [0.25, 0.3) is 16.7 Å². The highest BCUT2D eigenvalue weighted by atomic mass is 35.5. The van der Waals surface area contributed by atoms with E-state index in [0.29, 0.717) is 5.02 Å². The first-order valence-corrected chi connectivity index (χ1v) is 5.99. The lowest BCUT2D eigenvalue weighted by molar-refractivity contribution is 0.0697. The summed E-state index contributed by atoms with van der Waals surface area (Å²) in [6.45, 7) is 0. The standard InChI is InChI=1S/C14H9ClN2O2/c15-11-2-4-13(16-8-11)17-6-5-9-7-10(14(18)19)1-3-12(9)17/h1-8H,(H,18,19). The van der Waals surface area contributed by atoms with Gasteiger partial charge in [0, 0.05) is 17.8 Å². The lowest BCUT2D eigenvalue weighted by atomic mass is 10.1. The Balaban J connectivity index is 2.15. The van der Waals surface area contributed by atoms with Crippen LogP contribution in [0.2, 0.25) is 5.02 Å². The number of fused-ring (bicyclic) bond motifs is 1. The van der Waals surface area contributed by atoms with Gasteiger partial charge in [0.25, 0.3) is 0 Å². The fourth-order valence-electron chi connectivity index (χ4n) is 1.99. The van der Waals surface area contributed by atoms with Gasteiger partial charge in [0.15, 0.2) is 0 Å². The average Bonchev–Trinajstić information content (AvgIpc) is 2.82. The van der Waals surface area contributed by atoms with Crippen molar-refractivity contribution in [2.45, 2.75) is 0 Å². The van der Waals surface area contributed by atoms with Crippen molar-refractivity contribution < 1.29 is 9.90 Å². The Morgan fingerprint density at radius 3 is 2.74 bits per heavy atom. The number of aromatic nitrogens is 2. The van der Waals surface area contributed by atoms with Gasteiger partial charge in [-0.2, -0.15) is 0 Å². The molecule has 5 heteroatoms. The molecule has 0 aliphatic carbocycles. The first-order chi connectivity index (χ1) is 9.15. The number of pyridine rings is 1. The molecule has 0 aliphatic heterocycles. The van der Waals surface area contributed by atoms with Crippen LogP contribution in [0, 0.1) is 0 Å². The fourth-order valence-corrected chi connectivity index (χ4v) is 2.10. The summed E-state index contributed by atoms with van der Waals surface area (Å²) in [5.74, 6) is -0.193. The molecule has 2 aromatic heterocycles. The van der Waals surface area contributed by atoms with Gasteiger partial charge in [0.1, 0.15) is 5.82 Å². The molecule has 0 saturated carbocycles. The third kappa shape index (κ3) is 2.06. The number of hydrogen-bond acceptors (Lipinski definition) is 2. The second-order valence-corrected chi connectivity index (χ2v) is 4.54. The Morgan fingerprint density at radius 2 is 2.05 bits per heavy atom. The molecule has 0 aliphatic rings. The lowest BCUT2D eigenvalue weighted by Gasteiger charge is -2.04. The highest BCUT2D eigenvalue weighted by Crippen LogP contribution is 2.21. The summed E-state index contributed by atoms with van der Waals surface area (Å²) >= 11 is 5.81. The normalized spacial score (nSPS) is 10.8. The van der Waals surface area contributed by atoms with Gasteiger partial charge in [-0.3, -0.25) is 0 Å². The van der Waals surface area contributed by atoms with Crippen molar-refractivity contribution in [2.75, 3.05) is 0 Å². The van der Waals surface area contributed by atoms with Crippen LogP contribution in [-0.2, 0) is 0 Å². The molecule has 0 bridgehead atoms. The monoisotopic (exact) mass is 272 g/mol. The molecular formula is C14H9ClN2O2. The SMILES string of the molecule is O=C(O)c1ccc2c(ccn2-c2ccc(Cl)cn2)c1. The van der Waals surface area contributed by atoms with Crippen LogP contribution in [0.5, 0.6) is 0 Å². The minimum atomic E-state index is -0.931. The van der Waals surface area contributed by atoms with Crippen LogP contribution < -0.4 is 0 Å². The third-order valence-corrected chi connectivity index (χ3v) is 3.12. The van der Waals surface area contributed by atoms with Crippen molar-refractivity contribution in [3.63, 3.8) is 0 Å². The highest BCUT2D eigenvalue weighted by Gasteiger charge is 2.08. The first kappa shape index (κ1) is 11.7. The Labute approximate surface area is 113 Å². The van der Waals surface area contributed by atoms with E-state index in [1.165, 1.54) is 0 Å². The summed E-state index contributed by atoms with van der Waals surface area (Å²) in [5.41, 5.74) is 1.18. The summed E-state index contributed by atoms with van der Waals surface area (Å²) in [4.78, 5) is 15.2. The van der Waals surface area contributed by atoms with E-state index >= 15 is 0 Å². The number of benzene rings is 1. The number of hydrogen-bond donors (Lipinski definition) is 1. The van der Waals surface area contributed by atoms with Crippen molar-refractivity contribution in [1.29, 1.82) is 0 Å². The molecule has 4 nitrogen and oxygen atoms in total. The van der Waals surface area contributed by atoms with Crippen LogP contribution in [0.1, 0.15) is 10.4 Å². The first-order valence-electron chi connectivity index (χ1n) is 5.61. The van der Waals surface area contributed by atoms with Crippen molar-refractivity contribution >= 4 is 28.5 Å². The van der Waals surface area contributed by atoms with Gasteiger partial charge < -0.3 is 9.67 Å². The molecule has 19 heavy (non-hydrogen) atoms. The highest BCUT2D eigenvalue weighted by molar-refractivity contribution is 6.30. The number of carboxylic acid groups (broad SMARTS) is 1. The Hall–Kier alpha value is -2.33. The molecule has 0 unspecified atom stereocenters. The Kier molecular flexibility index (Phi) is 2.72. The minimum absolute atomic E-state index is 0.273. The predicted molar refractivity (Wildman–Crippen MR) is 73.0 cm³/mol. The van der Waals surface area contributed by atoms with Gasteiger partial charge in [0.2, 0.25) is 0 Å². The molecule has 0 atom stereocenters. The molecule has 1 N–H and O–H groups in total. The van der Waals surface area contributed by atoms with Crippen LogP contribution in [-0.4, -0.2) is 20.6 Å². The maximum absolute atomic E-state index is 10.9. The van der Waals surface area contributed by atoms with E-state index in [9.17, 15) is 4.79 Å². The number of rotatable bonds is 2. The van der Waals surface area contributed by atoms with E-state index in [0.717, 1.165) is 16.7 Å². The number of carboxylic acids is 1. The molecule has 94 valence electrons. The molecule has 3 aromatic rings. The van der Waals surface area contributed by atoms with E-state index in [2.05, 4.69) is 4.98 Å². The summed E-state index contributed by atoms with van der Waals surface area (Å²) in [6, 6.07) is 10.4. The van der Waals surface area contributed by atoms with Crippen LogP contribution >= 0.6 is 11.6 Å². The largest absolute Gasteiger partial charge is 0.478 e.